The first kappa shape index (κ1) is 67.9. The molecule has 0 bridgehead atoms. The van der Waals surface area contributed by atoms with Gasteiger partial charge in [0.2, 0.25) is 0 Å². The van der Waals surface area contributed by atoms with E-state index in [1.54, 1.807) is 0 Å². The normalized spacial score (nSPS) is 14.6. The van der Waals surface area contributed by atoms with E-state index in [-0.39, 0.29) is 23.0 Å². The molecule has 104 heavy (non-hydrogen) atoms. The molecule has 0 amide bonds. The highest BCUT2D eigenvalue weighted by molar-refractivity contribution is 7.00. The van der Waals surface area contributed by atoms with E-state index in [0.29, 0.717) is 5.92 Å². The van der Waals surface area contributed by atoms with Crippen LogP contribution in [0.1, 0.15) is 138 Å². The highest BCUT2D eigenvalue weighted by Gasteiger charge is 2.49. The predicted molar refractivity (Wildman–Crippen MR) is 451 cm³/mol. The number of nitrogens with one attached hydrogen (secondary N) is 1. The van der Waals surface area contributed by atoms with Gasteiger partial charge in [0.05, 0.1) is 22.4 Å². The van der Waals surface area contributed by atoms with Crippen LogP contribution < -0.4 is 36.4 Å². The highest BCUT2D eigenvalue weighted by atomic mass is 15.2. The Bertz CT molecular complexity index is 5360. The molecule has 5 heterocycles. The second kappa shape index (κ2) is 26.3. The van der Waals surface area contributed by atoms with Crippen LogP contribution in [0.2, 0.25) is 0 Å². The van der Waals surface area contributed by atoms with E-state index in [1.807, 2.05) is 0 Å². The number of aromatic nitrogens is 1. The Morgan fingerprint density at radius 2 is 0.952 bits per heavy atom. The van der Waals surface area contributed by atoms with Crippen LogP contribution in [-0.4, -0.2) is 24.4 Å². The van der Waals surface area contributed by atoms with Gasteiger partial charge in [0, 0.05) is 91.6 Å². The van der Waals surface area contributed by atoms with Crippen LogP contribution in [0, 0.1) is 11.3 Å². The van der Waals surface area contributed by atoms with Gasteiger partial charge in [-0.05, 0) is 206 Å². The maximum absolute atomic E-state index is 4.77. The largest absolute Gasteiger partial charge is 0.371 e. The molecule has 4 aliphatic heterocycles. The predicted octanol–water partition coefficient (Wildman–Crippen LogP) is 24.8. The van der Waals surface area contributed by atoms with Crippen LogP contribution in [-0.2, 0) is 23.7 Å². The molecule has 11 aromatic carbocycles. The van der Waals surface area contributed by atoms with Crippen molar-refractivity contribution < 1.29 is 0 Å². The molecular formula is C98H98BN5. The lowest BCUT2D eigenvalue weighted by molar-refractivity contribution is 0.520. The molecule has 4 aliphatic rings. The van der Waals surface area contributed by atoms with Gasteiger partial charge in [0.15, 0.2) is 0 Å². The first-order valence-electron chi connectivity index (χ1n) is 38.0. The number of hydrogen-bond acceptors (Lipinski definition) is 4. The molecule has 0 saturated carbocycles. The number of benzene rings is 11. The molecule has 6 heteroatoms. The van der Waals surface area contributed by atoms with Crippen LogP contribution in [0.5, 0.6) is 0 Å². The zero-order chi connectivity index (χ0) is 72.3. The molecule has 1 N–H and O–H groups in total. The minimum atomic E-state index is -0.186. The van der Waals surface area contributed by atoms with E-state index in [0.717, 1.165) is 78.2 Å². The Balaban J connectivity index is 1.07. The maximum Gasteiger partial charge on any atom is 0.252 e. The van der Waals surface area contributed by atoms with Crippen molar-refractivity contribution in [3.63, 3.8) is 0 Å². The van der Waals surface area contributed by atoms with E-state index >= 15 is 0 Å². The summed E-state index contributed by atoms with van der Waals surface area (Å²) in [4.78, 5) is 8.42. The fourth-order valence-corrected chi connectivity index (χ4v) is 17.6. The van der Waals surface area contributed by atoms with Gasteiger partial charge in [0.25, 0.3) is 6.71 Å². The average Bonchev–Trinajstić information content (AvgIpc) is 0.781. The van der Waals surface area contributed by atoms with Gasteiger partial charge in [-0.25, -0.2) is 0 Å². The van der Waals surface area contributed by atoms with Crippen molar-refractivity contribution in [2.45, 2.75) is 133 Å². The molecule has 0 aliphatic carbocycles. The quantitative estimate of drug-likeness (QED) is 0.0919. The minimum Gasteiger partial charge on any atom is -0.371 e. The number of hydrogen-bond donors (Lipinski definition) is 1. The molecule has 0 spiro atoms. The monoisotopic (exact) mass is 1360 g/mol. The van der Waals surface area contributed by atoms with Crippen molar-refractivity contribution in [2.75, 3.05) is 33.1 Å². The lowest BCUT2D eigenvalue weighted by atomic mass is 9.33. The molecule has 0 saturated heterocycles. The number of allylic oxidation sites excluding steroid dienone is 6. The van der Waals surface area contributed by atoms with Gasteiger partial charge >= 0.3 is 0 Å². The summed E-state index contributed by atoms with van der Waals surface area (Å²) in [5, 5.41) is 6.66. The average molecular weight is 1360 g/mol. The maximum atomic E-state index is 4.77. The summed E-state index contributed by atoms with van der Waals surface area (Å²) in [5.74, 6) is 0.336. The second-order valence-electron chi connectivity index (χ2n) is 32.9. The summed E-state index contributed by atoms with van der Waals surface area (Å²) in [6.07, 6.45) is 10.7. The Morgan fingerprint density at radius 1 is 0.490 bits per heavy atom. The Labute approximate surface area is 618 Å². The van der Waals surface area contributed by atoms with E-state index in [2.05, 4.69) is 364 Å². The number of para-hydroxylation sites is 2. The van der Waals surface area contributed by atoms with E-state index in [4.69, 9.17) is 6.58 Å². The molecule has 0 atom stereocenters. The molecule has 0 radical (unpaired) electrons. The van der Waals surface area contributed by atoms with Crippen molar-refractivity contribution in [2.24, 2.45) is 11.3 Å². The highest BCUT2D eigenvalue weighted by Crippen LogP contribution is 2.58. The zero-order valence-corrected chi connectivity index (χ0v) is 63.5. The smallest absolute Gasteiger partial charge is 0.252 e. The number of fused-ring (bicyclic) bond motifs is 9. The summed E-state index contributed by atoms with van der Waals surface area (Å²) in [6.45, 7) is 38.7. The van der Waals surface area contributed by atoms with Gasteiger partial charge < -0.3 is 24.6 Å². The Morgan fingerprint density at radius 3 is 1.39 bits per heavy atom. The molecule has 16 rings (SSSR count). The number of anilines is 8. The van der Waals surface area contributed by atoms with Gasteiger partial charge in [0.1, 0.15) is 0 Å². The number of nitrogens with zero attached hydrogens (tertiary/aromatic N) is 4. The van der Waals surface area contributed by atoms with Crippen LogP contribution >= 0.6 is 0 Å². The zero-order valence-electron chi connectivity index (χ0n) is 63.5. The summed E-state index contributed by atoms with van der Waals surface area (Å²) in [6, 6.07) is 86.7. The summed E-state index contributed by atoms with van der Waals surface area (Å²) >= 11 is 0. The van der Waals surface area contributed by atoms with Gasteiger partial charge in [-0.15, -0.1) is 0 Å². The Hall–Kier alpha value is -10.6. The molecule has 12 aromatic rings. The lowest BCUT2D eigenvalue weighted by Crippen LogP contribution is -2.62. The standard InChI is InChI=1S/C98H98BN5/c1-16-31-85(63(5)62(3)4)100-72-50-52-83-88(60-72)103(93-76(68-36-25-20-26-37-68)40-28-41-77(93)69-46-44-65(45-47-69)64(6)82(17-2)98(13,14)15)94-78-42-29-56-101-57-30-43-79(91(78)101)95-90(94)99(83)84-53-51-73(102-86-54-48-70(96(7,8)9)58-80(86)81-59-71(97(10,11)12)49-55-87(81)102)61-89(84)104(95)92-74(66-32-21-18-22-33-66)38-27-39-75(92)67-34-23-19-24-35-67/h16-28,31-41,44-55,58-62,100H,6,29-30,42-43,56-57H2,1-5,7-15H3/b31-16-,82-17+,85-63+. The molecular weight excluding hydrogens is 1260 g/mol. The molecule has 5 nitrogen and oxygen atoms in total. The molecule has 518 valence electrons. The van der Waals surface area contributed by atoms with Crippen molar-refractivity contribution in [1.82, 2.24) is 4.57 Å². The van der Waals surface area contributed by atoms with Crippen molar-refractivity contribution in [1.29, 1.82) is 0 Å². The minimum absolute atomic E-state index is 0.0445. The second-order valence-corrected chi connectivity index (χ2v) is 32.9. The fourth-order valence-electron chi connectivity index (χ4n) is 17.6. The van der Waals surface area contributed by atoms with Crippen molar-refractivity contribution in [3.05, 3.63) is 294 Å². The van der Waals surface area contributed by atoms with Crippen molar-refractivity contribution in [3.8, 4) is 50.2 Å². The van der Waals surface area contributed by atoms with E-state index in [1.165, 1.54) is 145 Å². The lowest BCUT2D eigenvalue weighted by Gasteiger charge is -2.50. The third-order valence-corrected chi connectivity index (χ3v) is 23.0. The molecule has 1 aromatic heterocycles. The first-order valence-corrected chi connectivity index (χ1v) is 38.0. The van der Waals surface area contributed by atoms with Gasteiger partial charge in [-0.2, -0.15) is 0 Å². The SMILES string of the molecule is C=C(/C(=C\C)C(C)(C)C)c1ccc(-c2cccc(-c3ccccc3)c2N2c3cc(NC(/C=C\C)=C(\C)C(C)C)ccc3B3c4ccc(-n5c6ccc(C(C)(C)C)cc6c6cc(C(C)(C)C)ccc65)cc4N(c4c(-c5ccccc5)cccc4-c4ccccc4)c4c5c6c(c2c43)CCCN6CCC5)cc1. The summed E-state index contributed by atoms with van der Waals surface area (Å²) < 4.78 is 2.58. The molecule has 0 unspecified atom stereocenters. The molecule has 0 fully saturated rings. The van der Waals surface area contributed by atoms with Crippen LogP contribution in [0.3, 0.4) is 0 Å². The van der Waals surface area contributed by atoms with E-state index in [9.17, 15) is 0 Å². The van der Waals surface area contributed by atoms with Crippen LogP contribution in [0.25, 0.3) is 77.6 Å². The third-order valence-electron chi connectivity index (χ3n) is 23.0. The van der Waals surface area contributed by atoms with Crippen LogP contribution in [0.4, 0.5) is 45.5 Å². The first-order chi connectivity index (χ1) is 50.1. The fraction of sp³-hybridized carbons (Fsp3) is 0.245. The number of rotatable bonds is 13. The topological polar surface area (TPSA) is 26.7 Å². The summed E-state index contributed by atoms with van der Waals surface area (Å²) in [7, 11) is 0. The Kier molecular flexibility index (Phi) is 17.2. The van der Waals surface area contributed by atoms with Crippen molar-refractivity contribution >= 4 is 96.0 Å². The van der Waals surface area contributed by atoms with Gasteiger partial charge in [-0.1, -0.05) is 271 Å². The third kappa shape index (κ3) is 11.6. The van der Waals surface area contributed by atoms with Crippen LogP contribution in [0.15, 0.2) is 266 Å². The summed E-state index contributed by atoms with van der Waals surface area (Å²) in [5.41, 5.74) is 37.9. The van der Waals surface area contributed by atoms with Gasteiger partial charge in [-0.3, -0.25) is 0 Å². The van der Waals surface area contributed by atoms with E-state index < -0.39 is 0 Å².